The molecule has 0 heterocycles. The van der Waals surface area contributed by atoms with Crippen LogP contribution in [0.4, 0.5) is 0 Å². The van der Waals surface area contributed by atoms with Crippen molar-refractivity contribution in [2.45, 2.75) is 31.7 Å². The summed E-state index contributed by atoms with van der Waals surface area (Å²) in [4.78, 5) is 11.7. The predicted octanol–water partition coefficient (Wildman–Crippen LogP) is 1.72. The Morgan fingerprint density at radius 2 is 2.00 bits per heavy atom. The largest absolute Gasteiger partial charge is 0.308 e. The van der Waals surface area contributed by atoms with E-state index in [1.165, 1.54) is 11.1 Å². The van der Waals surface area contributed by atoms with Crippen LogP contribution in [0.5, 0.6) is 0 Å². The molecule has 0 saturated carbocycles. The topological polar surface area (TPSA) is 29.1 Å². The Morgan fingerprint density at radius 1 is 1.33 bits per heavy atom. The highest BCUT2D eigenvalue weighted by atomic mass is 16.1. The fourth-order valence-corrected chi connectivity index (χ4v) is 2.43. The molecule has 1 atom stereocenters. The Bertz CT molecular complexity index is 386. The van der Waals surface area contributed by atoms with E-state index in [1.807, 2.05) is 13.1 Å². The number of nitrogens with one attached hydrogen (secondary N) is 1. The number of carbonyl (C=O) groups is 1. The third-order valence-electron chi connectivity index (χ3n) is 3.58. The molecule has 1 unspecified atom stereocenters. The van der Waals surface area contributed by atoms with Crippen molar-refractivity contribution in [2.24, 2.45) is 0 Å². The average molecular weight is 203 g/mol. The summed E-state index contributed by atoms with van der Waals surface area (Å²) in [6, 6.07) is 8.41. The second kappa shape index (κ2) is 3.78. The summed E-state index contributed by atoms with van der Waals surface area (Å²) in [5.41, 5.74) is 2.38. The molecule has 2 nitrogen and oxygen atoms in total. The van der Waals surface area contributed by atoms with Crippen molar-refractivity contribution in [3.63, 3.8) is 0 Å². The summed E-state index contributed by atoms with van der Waals surface area (Å²) in [7, 11) is 1.88. The molecular formula is C13H17NO. The van der Waals surface area contributed by atoms with E-state index in [9.17, 15) is 4.79 Å². The number of Topliss-reactive ketones (excluding diaryl/α,β-unsaturated/α-hetero) is 1. The van der Waals surface area contributed by atoms with Gasteiger partial charge in [-0.05, 0) is 44.4 Å². The van der Waals surface area contributed by atoms with Gasteiger partial charge in [-0.15, -0.1) is 0 Å². The summed E-state index contributed by atoms with van der Waals surface area (Å²) in [6.45, 7) is 1.68. The van der Waals surface area contributed by atoms with E-state index < -0.39 is 0 Å². The first kappa shape index (κ1) is 10.4. The molecule has 1 aromatic rings. The van der Waals surface area contributed by atoms with Gasteiger partial charge in [-0.25, -0.2) is 0 Å². The minimum absolute atomic E-state index is 0.250. The highest BCUT2D eigenvalue weighted by Crippen LogP contribution is 2.29. The van der Waals surface area contributed by atoms with Crippen LogP contribution in [0.3, 0.4) is 0 Å². The molecule has 2 rings (SSSR count). The first-order valence-electron chi connectivity index (χ1n) is 5.45. The Labute approximate surface area is 90.7 Å². The van der Waals surface area contributed by atoms with Gasteiger partial charge in [-0.3, -0.25) is 4.79 Å². The average Bonchev–Trinajstić information content (AvgIpc) is 2.28. The van der Waals surface area contributed by atoms with Gasteiger partial charge in [0.05, 0.1) is 5.54 Å². The number of rotatable bonds is 2. The Balaban J connectivity index is 2.35. The van der Waals surface area contributed by atoms with Crippen molar-refractivity contribution in [1.29, 1.82) is 0 Å². The lowest BCUT2D eigenvalue weighted by Gasteiger charge is -2.35. The van der Waals surface area contributed by atoms with E-state index in [0.29, 0.717) is 0 Å². The summed E-state index contributed by atoms with van der Waals surface area (Å²) in [5, 5.41) is 3.21. The zero-order valence-corrected chi connectivity index (χ0v) is 9.34. The van der Waals surface area contributed by atoms with Crippen molar-refractivity contribution in [3.8, 4) is 0 Å². The molecule has 80 valence electrons. The highest BCUT2D eigenvalue weighted by molar-refractivity contribution is 5.86. The maximum absolute atomic E-state index is 11.7. The van der Waals surface area contributed by atoms with Crippen LogP contribution in [0, 0.1) is 0 Å². The van der Waals surface area contributed by atoms with E-state index in [2.05, 4.69) is 23.5 Å². The summed E-state index contributed by atoms with van der Waals surface area (Å²) in [6.07, 6.45) is 2.74. The molecule has 1 aromatic carbocycles. The Morgan fingerprint density at radius 3 is 2.60 bits per heavy atom. The maximum atomic E-state index is 11.7. The molecular weight excluding hydrogens is 186 g/mol. The van der Waals surface area contributed by atoms with Crippen LogP contribution in [0.2, 0.25) is 0 Å². The molecule has 0 saturated heterocycles. The molecule has 0 radical (unpaired) electrons. The standard InChI is InChI=1S/C13H17NO/c1-10(15)13(14-2)8-7-11-5-3-4-6-12(11)9-13/h3-6,14H,7-9H2,1-2H3. The lowest BCUT2D eigenvalue weighted by atomic mass is 9.76. The predicted molar refractivity (Wildman–Crippen MR) is 60.9 cm³/mol. The highest BCUT2D eigenvalue weighted by Gasteiger charge is 2.36. The number of carbonyl (C=O) groups excluding carboxylic acids is 1. The van der Waals surface area contributed by atoms with Crippen LogP contribution >= 0.6 is 0 Å². The minimum Gasteiger partial charge on any atom is -0.308 e. The second-order valence-electron chi connectivity index (χ2n) is 4.33. The lowest BCUT2D eigenvalue weighted by molar-refractivity contribution is -0.123. The van der Waals surface area contributed by atoms with Gasteiger partial charge in [0, 0.05) is 0 Å². The third kappa shape index (κ3) is 1.70. The van der Waals surface area contributed by atoms with E-state index in [1.54, 1.807) is 6.92 Å². The van der Waals surface area contributed by atoms with Gasteiger partial charge in [-0.1, -0.05) is 24.3 Å². The second-order valence-corrected chi connectivity index (χ2v) is 4.33. The van der Waals surface area contributed by atoms with Crippen LogP contribution < -0.4 is 5.32 Å². The summed E-state index contributed by atoms with van der Waals surface area (Å²) < 4.78 is 0. The summed E-state index contributed by atoms with van der Waals surface area (Å²) >= 11 is 0. The smallest absolute Gasteiger partial charge is 0.150 e. The van der Waals surface area contributed by atoms with Crippen molar-refractivity contribution in [2.75, 3.05) is 7.05 Å². The van der Waals surface area contributed by atoms with Crippen molar-refractivity contribution < 1.29 is 4.79 Å². The van der Waals surface area contributed by atoms with Crippen LogP contribution in [-0.2, 0) is 17.6 Å². The zero-order chi connectivity index (χ0) is 10.9. The molecule has 1 aliphatic rings. The molecule has 0 aromatic heterocycles. The fraction of sp³-hybridized carbons (Fsp3) is 0.462. The number of ketones is 1. The van der Waals surface area contributed by atoms with Crippen LogP contribution in [0.15, 0.2) is 24.3 Å². The Hall–Kier alpha value is -1.15. The molecule has 0 spiro atoms. The molecule has 0 amide bonds. The van der Waals surface area contributed by atoms with Gasteiger partial charge in [0.2, 0.25) is 0 Å². The molecule has 0 bridgehead atoms. The SMILES string of the molecule is CNC1(C(C)=O)CCc2ccccc2C1. The van der Waals surface area contributed by atoms with Gasteiger partial charge in [0.1, 0.15) is 5.78 Å². The number of fused-ring (bicyclic) bond motifs is 1. The third-order valence-corrected chi connectivity index (χ3v) is 3.58. The van der Waals surface area contributed by atoms with Crippen molar-refractivity contribution in [1.82, 2.24) is 5.32 Å². The molecule has 1 N–H and O–H groups in total. The number of benzene rings is 1. The van der Waals surface area contributed by atoms with E-state index >= 15 is 0 Å². The van der Waals surface area contributed by atoms with Gasteiger partial charge in [0.25, 0.3) is 0 Å². The van der Waals surface area contributed by atoms with E-state index in [4.69, 9.17) is 0 Å². The van der Waals surface area contributed by atoms with Crippen LogP contribution in [-0.4, -0.2) is 18.4 Å². The van der Waals surface area contributed by atoms with Crippen LogP contribution in [0.1, 0.15) is 24.5 Å². The van der Waals surface area contributed by atoms with Gasteiger partial charge >= 0.3 is 0 Å². The molecule has 0 fully saturated rings. The minimum atomic E-state index is -0.325. The van der Waals surface area contributed by atoms with Gasteiger partial charge < -0.3 is 5.32 Å². The number of aryl methyl sites for hydroxylation is 1. The van der Waals surface area contributed by atoms with Crippen LogP contribution in [0.25, 0.3) is 0 Å². The monoisotopic (exact) mass is 203 g/mol. The fourth-order valence-electron chi connectivity index (χ4n) is 2.43. The molecule has 1 aliphatic carbocycles. The maximum Gasteiger partial charge on any atom is 0.150 e. The zero-order valence-electron chi connectivity index (χ0n) is 9.34. The van der Waals surface area contributed by atoms with Gasteiger partial charge in [-0.2, -0.15) is 0 Å². The Kier molecular flexibility index (Phi) is 2.61. The van der Waals surface area contributed by atoms with Crippen molar-refractivity contribution in [3.05, 3.63) is 35.4 Å². The lowest BCUT2D eigenvalue weighted by Crippen LogP contribution is -2.53. The van der Waals surface area contributed by atoms with E-state index in [-0.39, 0.29) is 11.3 Å². The molecule has 0 aliphatic heterocycles. The normalized spacial score (nSPS) is 24.7. The first-order valence-corrected chi connectivity index (χ1v) is 5.45. The number of hydrogen-bond donors (Lipinski definition) is 1. The van der Waals surface area contributed by atoms with Crippen molar-refractivity contribution >= 4 is 5.78 Å². The summed E-state index contributed by atoms with van der Waals surface area (Å²) in [5.74, 6) is 0.250. The number of hydrogen-bond acceptors (Lipinski definition) is 2. The quantitative estimate of drug-likeness (QED) is 0.793. The number of likely N-dealkylation sites (N-methyl/N-ethyl adjacent to an activating group) is 1. The first-order chi connectivity index (χ1) is 7.18. The molecule has 15 heavy (non-hydrogen) atoms. The molecule has 2 heteroatoms. The van der Waals surface area contributed by atoms with E-state index in [0.717, 1.165) is 19.3 Å². The van der Waals surface area contributed by atoms with Gasteiger partial charge in [0.15, 0.2) is 0 Å².